The molecule has 5 nitrogen and oxygen atoms in total. The SMILES string of the molecule is CCc1ccc(-c2cc(C(F)(F)F)on2)cc1S(=O)(=O)N1CCC(C)CC1. The molecule has 148 valence electrons. The number of benzene rings is 1. The van der Waals surface area contributed by atoms with Crippen LogP contribution in [0.25, 0.3) is 11.3 Å². The van der Waals surface area contributed by atoms with Gasteiger partial charge in [-0.15, -0.1) is 0 Å². The second kappa shape index (κ2) is 7.27. The van der Waals surface area contributed by atoms with E-state index >= 15 is 0 Å². The normalized spacial score (nSPS) is 17.4. The van der Waals surface area contributed by atoms with Gasteiger partial charge >= 0.3 is 6.18 Å². The van der Waals surface area contributed by atoms with Crippen LogP contribution in [0, 0.1) is 5.92 Å². The van der Waals surface area contributed by atoms with Crippen LogP contribution in [-0.2, 0) is 22.6 Å². The Balaban J connectivity index is 2.00. The summed E-state index contributed by atoms with van der Waals surface area (Å²) in [5, 5.41) is 3.45. The molecule has 0 atom stereocenters. The van der Waals surface area contributed by atoms with Gasteiger partial charge in [0.25, 0.3) is 0 Å². The molecule has 0 N–H and O–H groups in total. The number of piperidine rings is 1. The molecule has 1 aliphatic heterocycles. The Hall–Kier alpha value is -1.87. The van der Waals surface area contributed by atoms with E-state index in [9.17, 15) is 21.6 Å². The molecule has 3 rings (SSSR count). The number of aromatic nitrogens is 1. The number of halogens is 3. The zero-order valence-electron chi connectivity index (χ0n) is 15.1. The third kappa shape index (κ3) is 4.03. The molecular weight excluding hydrogens is 381 g/mol. The zero-order valence-corrected chi connectivity index (χ0v) is 15.9. The van der Waals surface area contributed by atoms with E-state index < -0.39 is 22.0 Å². The Bertz CT molecular complexity index is 914. The molecule has 1 aliphatic rings. The first-order chi connectivity index (χ1) is 12.6. The molecule has 1 saturated heterocycles. The molecule has 0 saturated carbocycles. The average molecular weight is 402 g/mol. The van der Waals surface area contributed by atoms with Gasteiger partial charge in [0.15, 0.2) is 0 Å². The number of hydrogen-bond acceptors (Lipinski definition) is 4. The van der Waals surface area contributed by atoms with Gasteiger partial charge in [-0.3, -0.25) is 0 Å². The minimum Gasteiger partial charge on any atom is -0.351 e. The second-order valence-corrected chi connectivity index (χ2v) is 8.74. The predicted molar refractivity (Wildman–Crippen MR) is 93.5 cm³/mol. The summed E-state index contributed by atoms with van der Waals surface area (Å²) in [5.74, 6) is -0.740. The summed E-state index contributed by atoms with van der Waals surface area (Å²) in [6.45, 7) is 4.81. The largest absolute Gasteiger partial charge is 0.452 e. The van der Waals surface area contributed by atoms with Gasteiger partial charge in [-0.05, 0) is 36.8 Å². The van der Waals surface area contributed by atoms with E-state index in [4.69, 9.17) is 0 Å². The lowest BCUT2D eigenvalue weighted by Gasteiger charge is -2.30. The molecule has 0 amide bonds. The first-order valence-corrected chi connectivity index (χ1v) is 10.2. The Labute approximate surface area is 156 Å². The molecule has 1 aromatic carbocycles. The van der Waals surface area contributed by atoms with Crippen molar-refractivity contribution in [2.24, 2.45) is 5.92 Å². The van der Waals surface area contributed by atoms with E-state index in [1.165, 1.54) is 10.4 Å². The van der Waals surface area contributed by atoms with Gasteiger partial charge in [0.1, 0.15) is 5.69 Å². The van der Waals surface area contributed by atoms with E-state index in [2.05, 4.69) is 16.6 Å². The van der Waals surface area contributed by atoms with Crippen molar-refractivity contribution in [2.75, 3.05) is 13.1 Å². The highest BCUT2D eigenvalue weighted by atomic mass is 32.2. The minimum atomic E-state index is -4.64. The fraction of sp³-hybridized carbons (Fsp3) is 0.500. The van der Waals surface area contributed by atoms with Gasteiger partial charge in [-0.2, -0.15) is 17.5 Å². The molecule has 0 spiro atoms. The fourth-order valence-corrected chi connectivity index (χ4v) is 4.94. The lowest BCUT2D eigenvalue weighted by molar-refractivity contribution is -0.155. The number of sulfonamides is 1. The van der Waals surface area contributed by atoms with Crippen LogP contribution in [0.2, 0.25) is 0 Å². The summed E-state index contributed by atoms with van der Waals surface area (Å²) in [6.07, 6.45) is -2.57. The maximum Gasteiger partial charge on any atom is 0.452 e. The quantitative estimate of drug-likeness (QED) is 0.763. The molecule has 2 aromatic rings. The summed E-state index contributed by atoms with van der Waals surface area (Å²) in [7, 11) is -3.73. The zero-order chi connectivity index (χ0) is 19.8. The fourth-order valence-electron chi connectivity index (χ4n) is 3.16. The smallest absolute Gasteiger partial charge is 0.351 e. The summed E-state index contributed by atoms with van der Waals surface area (Å²) < 4.78 is 70.3. The summed E-state index contributed by atoms with van der Waals surface area (Å²) in [5.41, 5.74) is 0.848. The molecule has 2 heterocycles. The number of hydrogen-bond donors (Lipinski definition) is 0. The summed E-state index contributed by atoms with van der Waals surface area (Å²) >= 11 is 0. The molecule has 9 heteroatoms. The van der Waals surface area contributed by atoms with E-state index in [-0.39, 0.29) is 16.2 Å². The standard InChI is InChI=1S/C18H21F3N2O3S/c1-3-13-4-5-14(15-11-17(26-22-15)18(19,20)21)10-16(13)27(24,25)23-8-6-12(2)7-9-23/h4-5,10-12H,3,6-9H2,1-2H3. The van der Waals surface area contributed by atoms with Gasteiger partial charge in [-0.1, -0.05) is 31.1 Å². The molecule has 1 fully saturated rings. The van der Waals surface area contributed by atoms with Crippen LogP contribution in [0.4, 0.5) is 13.2 Å². The van der Waals surface area contributed by atoms with Crippen LogP contribution < -0.4 is 0 Å². The lowest BCUT2D eigenvalue weighted by Crippen LogP contribution is -2.38. The van der Waals surface area contributed by atoms with Crippen molar-refractivity contribution in [3.63, 3.8) is 0 Å². The van der Waals surface area contributed by atoms with Gasteiger partial charge in [0.2, 0.25) is 15.8 Å². The number of nitrogens with zero attached hydrogens (tertiary/aromatic N) is 2. The summed E-state index contributed by atoms with van der Waals surface area (Å²) in [6, 6.07) is 5.36. The Kier molecular flexibility index (Phi) is 5.36. The van der Waals surface area contributed by atoms with Crippen molar-refractivity contribution in [1.29, 1.82) is 0 Å². The Morgan fingerprint density at radius 1 is 1.22 bits per heavy atom. The van der Waals surface area contributed by atoms with Gasteiger partial charge in [0.05, 0.1) is 4.90 Å². The molecule has 0 bridgehead atoms. The maximum absolute atomic E-state index is 13.1. The van der Waals surface area contributed by atoms with Crippen LogP contribution in [-0.4, -0.2) is 31.0 Å². The van der Waals surface area contributed by atoms with Crippen molar-refractivity contribution < 1.29 is 26.1 Å². The third-order valence-corrected chi connectivity index (χ3v) is 6.87. The predicted octanol–water partition coefficient (Wildman–Crippen LogP) is 4.34. The first-order valence-electron chi connectivity index (χ1n) is 8.80. The highest BCUT2D eigenvalue weighted by molar-refractivity contribution is 7.89. The molecule has 0 unspecified atom stereocenters. The first kappa shape index (κ1) is 19.9. The van der Waals surface area contributed by atoms with Crippen LogP contribution >= 0.6 is 0 Å². The van der Waals surface area contributed by atoms with Gasteiger partial charge in [0, 0.05) is 24.7 Å². The second-order valence-electron chi connectivity index (χ2n) is 6.84. The lowest BCUT2D eigenvalue weighted by atomic mass is 10.0. The van der Waals surface area contributed by atoms with Crippen molar-refractivity contribution in [3.8, 4) is 11.3 Å². The van der Waals surface area contributed by atoms with E-state index in [0.29, 0.717) is 31.0 Å². The number of alkyl halides is 3. The highest BCUT2D eigenvalue weighted by Gasteiger charge is 2.36. The van der Waals surface area contributed by atoms with Crippen LogP contribution in [0.3, 0.4) is 0 Å². The van der Waals surface area contributed by atoms with Crippen LogP contribution in [0.15, 0.2) is 33.7 Å². The van der Waals surface area contributed by atoms with E-state index in [1.54, 1.807) is 12.1 Å². The molecule has 0 aliphatic carbocycles. The van der Waals surface area contributed by atoms with Crippen LogP contribution in [0.1, 0.15) is 38.0 Å². The third-order valence-electron chi connectivity index (χ3n) is 4.89. The molecule has 0 radical (unpaired) electrons. The monoisotopic (exact) mass is 402 g/mol. The van der Waals surface area contributed by atoms with Gasteiger partial charge < -0.3 is 4.52 Å². The molecule has 27 heavy (non-hydrogen) atoms. The highest BCUT2D eigenvalue weighted by Crippen LogP contribution is 2.34. The number of rotatable bonds is 4. The van der Waals surface area contributed by atoms with Crippen molar-refractivity contribution >= 4 is 10.0 Å². The Morgan fingerprint density at radius 2 is 1.89 bits per heavy atom. The Morgan fingerprint density at radius 3 is 2.44 bits per heavy atom. The van der Waals surface area contributed by atoms with Crippen LogP contribution in [0.5, 0.6) is 0 Å². The molecule has 1 aromatic heterocycles. The van der Waals surface area contributed by atoms with Crippen molar-refractivity contribution in [3.05, 3.63) is 35.6 Å². The van der Waals surface area contributed by atoms with Crippen molar-refractivity contribution in [1.82, 2.24) is 9.46 Å². The number of aryl methyl sites for hydroxylation is 1. The minimum absolute atomic E-state index is 0.0475. The molecular formula is C18H21F3N2O3S. The van der Waals surface area contributed by atoms with Crippen molar-refractivity contribution in [2.45, 2.75) is 44.2 Å². The average Bonchev–Trinajstić information content (AvgIpc) is 3.12. The topological polar surface area (TPSA) is 63.4 Å². The van der Waals surface area contributed by atoms with E-state index in [1.807, 2.05) is 6.92 Å². The maximum atomic E-state index is 13.1. The van der Waals surface area contributed by atoms with Gasteiger partial charge in [-0.25, -0.2) is 8.42 Å². The summed E-state index contributed by atoms with van der Waals surface area (Å²) in [4.78, 5) is 0.119. The van der Waals surface area contributed by atoms with E-state index in [0.717, 1.165) is 18.9 Å².